The molecule has 16 heavy (non-hydrogen) atoms. The van der Waals surface area contributed by atoms with Crippen molar-refractivity contribution in [3.63, 3.8) is 0 Å². The molecule has 0 radical (unpaired) electrons. The zero-order valence-electron chi connectivity index (χ0n) is 9.55. The third-order valence-corrected chi connectivity index (χ3v) is 2.59. The van der Waals surface area contributed by atoms with Crippen LogP contribution in [0.2, 0.25) is 0 Å². The van der Waals surface area contributed by atoms with Gasteiger partial charge in [0.25, 0.3) is 0 Å². The quantitative estimate of drug-likeness (QED) is 0.850. The summed E-state index contributed by atoms with van der Waals surface area (Å²) in [6, 6.07) is 1.61. The summed E-state index contributed by atoms with van der Waals surface area (Å²) in [5.74, 6) is 0.777. The monoisotopic (exact) mass is 220 g/mol. The molecule has 0 aromatic carbocycles. The Kier molecular flexibility index (Phi) is 3.05. The van der Waals surface area contributed by atoms with Crippen LogP contribution in [-0.2, 0) is 6.54 Å². The van der Waals surface area contributed by atoms with Gasteiger partial charge in [-0.3, -0.25) is 0 Å². The van der Waals surface area contributed by atoms with Crippen molar-refractivity contribution >= 4 is 0 Å². The van der Waals surface area contributed by atoms with Crippen LogP contribution in [0.15, 0.2) is 22.9 Å². The lowest BCUT2D eigenvalue weighted by Crippen LogP contribution is -2.17. The maximum atomic E-state index is 6.14. The number of nitrogens with zero attached hydrogens (tertiary/aromatic N) is 3. The van der Waals surface area contributed by atoms with Gasteiger partial charge >= 0.3 is 0 Å². The smallest absolute Gasteiger partial charge is 0.129 e. The molecule has 0 aliphatic carbocycles. The minimum atomic E-state index is -0.295. The van der Waals surface area contributed by atoms with Gasteiger partial charge in [0.2, 0.25) is 0 Å². The highest BCUT2D eigenvalue weighted by Gasteiger charge is 2.19. The average molecular weight is 220 g/mol. The van der Waals surface area contributed by atoms with E-state index in [9.17, 15) is 0 Å². The molecule has 1 unspecified atom stereocenters. The van der Waals surface area contributed by atoms with Crippen molar-refractivity contribution in [3.8, 4) is 0 Å². The van der Waals surface area contributed by atoms with Gasteiger partial charge in [0.05, 0.1) is 18.2 Å². The molecule has 2 aromatic rings. The van der Waals surface area contributed by atoms with E-state index in [0.29, 0.717) is 0 Å². The van der Waals surface area contributed by atoms with Gasteiger partial charge < -0.3 is 10.2 Å². The van der Waals surface area contributed by atoms with Crippen LogP contribution < -0.4 is 5.73 Å². The second-order valence-electron chi connectivity index (χ2n) is 3.83. The highest BCUT2D eigenvalue weighted by molar-refractivity contribution is 5.24. The SMILES string of the molecule is CCCn1nncc1C(N)c1occc1C. The Balaban J connectivity index is 2.30. The van der Waals surface area contributed by atoms with E-state index in [2.05, 4.69) is 17.2 Å². The number of hydrogen-bond donors (Lipinski definition) is 1. The fourth-order valence-corrected chi connectivity index (χ4v) is 1.73. The van der Waals surface area contributed by atoms with Gasteiger partial charge in [0.1, 0.15) is 11.8 Å². The van der Waals surface area contributed by atoms with Crippen molar-refractivity contribution in [2.45, 2.75) is 32.9 Å². The van der Waals surface area contributed by atoms with Gasteiger partial charge in [-0.25, -0.2) is 4.68 Å². The minimum absolute atomic E-state index is 0.295. The summed E-state index contributed by atoms with van der Waals surface area (Å²) in [6.07, 6.45) is 4.35. The molecule has 0 saturated heterocycles. The number of furan rings is 1. The molecule has 0 fully saturated rings. The lowest BCUT2D eigenvalue weighted by molar-refractivity contribution is 0.464. The first-order valence-electron chi connectivity index (χ1n) is 5.42. The van der Waals surface area contributed by atoms with E-state index in [1.54, 1.807) is 12.5 Å². The highest BCUT2D eigenvalue weighted by Crippen LogP contribution is 2.22. The third kappa shape index (κ3) is 1.86. The van der Waals surface area contributed by atoms with E-state index in [-0.39, 0.29) is 6.04 Å². The fraction of sp³-hybridized carbons (Fsp3) is 0.455. The van der Waals surface area contributed by atoms with E-state index in [4.69, 9.17) is 10.2 Å². The Hall–Kier alpha value is -1.62. The van der Waals surface area contributed by atoms with Gasteiger partial charge in [-0.1, -0.05) is 12.1 Å². The summed E-state index contributed by atoms with van der Waals surface area (Å²) >= 11 is 0. The maximum absolute atomic E-state index is 6.14. The lowest BCUT2D eigenvalue weighted by atomic mass is 10.1. The van der Waals surface area contributed by atoms with E-state index >= 15 is 0 Å². The first-order chi connectivity index (χ1) is 7.74. The van der Waals surface area contributed by atoms with Crippen LogP contribution in [0.1, 0.15) is 36.4 Å². The summed E-state index contributed by atoms with van der Waals surface area (Å²) in [5.41, 5.74) is 8.08. The van der Waals surface area contributed by atoms with E-state index < -0.39 is 0 Å². The van der Waals surface area contributed by atoms with E-state index in [1.807, 2.05) is 17.7 Å². The number of hydrogen-bond acceptors (Lipinski definition) is 4. The second kappa shape index (κ2) is 4.49. The van der Waals surface area contributed by atoms with Gasteiger partial charge in [-0.05, 0) is 25.0 Å². The minimum Gasteiger partial charge on any atom is -0.467 e. The molecular formula is C11H16N4O. The zero-order valence-corrected chi connectivity index (χ0v) is 9.55. The summed E-state index contributed by atoms with van der Waals surface area (Å²) in [4.78, 5) is 0. The van der Waals surface area contributed by atoms with Crippen LogP contribution in [0.25, 0.3) is 0 Å². The molecule has 2 aromatic heterocycles. The number of nitrogens with two attached hydrogens (primary N) is 1. The largest absolute Gasteiger partial charge is 0.467 e. The summed E-state index contributed by atoms with van der Waals surface area (Å²) in [6.45, 7) is 4.89. The normalized spacial score (nSPS) is 12.9. The molecule has 0 aliphatic heterocycles. The zero-order chi connectivity index (χ0) is 11.5. The van der Waals surface area contributed by atoms with Crippen molar-refractivity contribution in [3.05, 3.63) is 35.5 Å². The first-order valence-corrected chi connectivity index (χ1v) is 5.42. The Morgan fingerprint density at radius 1 is 1.56 bits per heavy atom. The molecule has 0 amide bonds. The lowest BCUT2D eigenvalue weighted by Gasteiger charge is -2.11. The van der Waals surface area contributed by atoms with Crippen molar-refractivity contribution in [2.75, 3.05) is 0 Å². The molecule has 0 aliphatic rings. The van der Waals surface area contributed by atoms with Crippen molar-refractivity contribution in [1.82, 2.24) is 15.0 Å². The molecule has 0 saturated carbocycles. The van der Waals surface area contributed by atoms with Gasteiger partial charge in [-0.15, -0.1) is 5.10 Å². The van der Waals surface area contributed by atoms with Crippen molar-refractivity contribution in [2.24, 2.45) is 5.73 Å². The molecular weight excluding hydrogens is 204 g/mol. The van der Waals surface area contributed by atoms with Crippen LogP contribution >= 0.6 is 0 Å². The summed E-state index contributed by atoms with van der Waals surface area (Å²) < 4.78 is 7.22. The van der Waals surface area contributed by atoms with E-state index in [0.717, 1.165) is 30.0 Å². The maximum Gasteiger partial charge on any atom is 0.129 e. The molecule has 2 heterocycles. The third-order valence-electron chi connectivity index (χ3n) is 2.59. The molecule has 0 spiro atoms. The predicted octanol–water partition coefficient (Wildman–Crippen LogP) is 1.64. The van der Waals surface area contributed by atoms with Gasteiger partial charge in [0, 0.05) is 6.54 Å². The van der Waals surface area contributed by atoms with Crippen LogP contribution in [0.5, 0.6) is 0 Å². The summed E-state index contributed by atoms with van der Waals surface area (Å²) in [7, 11) is 0. The second-order valence-corrected chi connectivity index (χ2v) is 3.83. The van der Waals surface area contributed by atoms with Crippen LogP contribution in [0.3, 0.4) is 0 Å². The Morgan fingerprint density at radius 2 is 2.38 bits per heavy atom. The Morgan fingerprint density at radius 3 is 3.00 bits per heavy atom. The first kappa shape index (κ1) is 10.9. The standard InChI is InChI=1S/C11H16N4O/c1-3-5-15-9(7-13-14-15)10(12)11-8(2)4-6-16-11/h4,6-7,10H,3,5,12H2,1-2H3. The average Bonchev–Trinajstić information content (AvgIpc) is 2.87. The van der Waals surface area contributed by atoms with Gasteiger partial charge in [-0.2, -0.15) is 0 Å². The van der Waals surface area contributed by atoms with Crippen molar-refractivity contribution in [1.29, 1.82) is 0 Å². The molecule has 2 N–H and O–H groups in total. The van der Waals surface area contributed by atoms with E-state index in [1.165, 1.54) is 0 Å². The topological polar surface area (TPSA) is 69.9 Å². The van der Waals surface area contributed by atoms with Crippen molar-refractivity contribution < 1.29 is 4.42 Å². The summed E-state index contributed by atoms with van der Waals surface area (Å²) in [5, 5.41) is 7.90. The van der Waals surface area contributed by atoms with Crippen LogP contribution in [0, 0.1) is 6.92 Å². The Labute approximate surface area is 94.2 Å². The Bertz CT molecular complexity index is 460. The predicted molar refractivity (Wildman–Crippen MR) is 59.8 cm³/mol. The molecule has 1 atom stereocenters. The number of aryl methyl sites for hydroxylation is 2. The number of aromatic nitrogens is 3. The van der Waals surface area contributed by atoms with Crippen LogP contribution in [0.4, 0.5) is 0 Å². The molecule has 5 nitrogen and oxygen atoms in total. The molecule has 5 heteroatoms. The highest BCUT2D eigenvalue weighted by atomic mass is 16.3. The molecule has 2 rings (SSSR count). The number of rotatable bonds is 4. The van der Waals surface area contributed by atoms with Gasteiger partial charge in [0.15, 0.2) is 0 Å². The van der Waals surface area contributed by atoms with Crippen LogP contribution in [-0.4, -0.2) is 15.0 Å². The molecule has 86 valence electrons. The molecule has 0 bridgehead atoms. The fourth-order valence-electron chi connectivity index (χ4n) is 1.73.